The molecule has 10 heteroatoms. The molecule has 0 radical (unpaired) electrons. The zero-order chi connectivity index (χ0) is 33.7. The van der Waals surface area contributed by atoms with E-state index in [1.165, 1.54) is 15.3 Å². The van der Waals surface area contributed by atoms with E-state index in [1.807, 2.05) is 72.3 Å². The first-order valence-corrected chi connectivity index (χ1v) is 16.5. The van der Waals surface area contributed by atoms with Crippen molar-refractivity contribution in [3.05, 3.63) is 80.1 Å². The minimum absolute atomic E-state index is 0.00297. The molecule has 8 nitrogen and oxygen atoms in total. The van der Waals surface area contributed by atoms with Gasteiger partial charge in [-0.1, -0.05) is 71.7 Å². The molecule has 0 aliphatic heterocycles. The largest absolute Gasteiger partial charge is 0.399 e. The molecule has 0 spiro atoms. The van der Waals surface area contributed by atoms with Crippen molar-refractivity contribution in [1.82, 2.24) is 18.7 Å². The van der Waals surface area contributed by atoms with Gasteiger partial charge in [-0.2, -0.15) is 5.10 Å². The Kier molecular flexibility index (Phi) is 15.9. The van der Waals surface area contributed by atoms with E-state index in [-0.39, 0.29) is 22.8 Å². The third-order valence-corrected chi connectivity index (χ3v) is 7.21. The predicted molar refractivity (Wildman–Crippen MR) is 190 cm³/mol. The maximum atomic E-state index is 14.7. The molecule has 44 heavy (non-hydrogen) atoms. The summed E-state index contributed by atoms with van der Waals surface area (Å²) in [5.41, 5.74) is 9.10. The van der Waals surface area contributed by atoms with Gasteiger partial charge in [0.2, 0.25) is 0 Å². The number of pyridine rings is 1. The quantitative estimate of drug-likeness (QED) is 0.171. The number of nitrogen functional groups attached to an aromatic ring is 1. The number of hydrogen-bond acceptors (Lipinski definition) is 7. The second-order valence-electron chi connectivity index (χ2n) is 9.65. The number of aromatic nitrogens is 3. The van der Waals surface area contributed by atoms with Crippen LogP contribution in [0, 0.1) is 19.7 Å². The number of anilines is 3. The normalized spacial score (nSPS) is 11.6. The summed E-state index contributed by atoms with van der Waals surface area (Å²) in [6, 6.07) is 12.0. The van der Waals surface area contributed by atoms with Gasteiger partial charge < -0.3 is 15.6 Å². The van der Waals surface area contributed by atoms with Crippen LogP contribution in [0.15, 0.2) is 52.1 Å². The van der Waals surface area contributed by atoms with Crippen LogP contribution in [-0.2, 0) is 7.05 Å². The fourth-order valence-electron chi connectivity index (χ4n) is 4.19. The molecular weight excluding hydrogens is 575 g/mol. The Morgan fingerprint density at radius 2 is 1.57 bits per heavy atom. The van der Waals surface area contributed by atoms with E-state index in [0.717, 1.165) is 18.4 Å². The van der Waals surface area contributed by atoms with Gasteiger partial charge in [0.1, 0.15) is 11.5 Å². The van der Waals surface area contributed by atoms with E-state index in [0.29, 0.717) is 39.1 Å². The van der Waals surface area contributed by atoms with E-state index in [1.54, 1.807) is 63.2 Å². The first kappa shape index (κ1) is 38.4. The minimum Gasteiger partial charge on any atom is -0.399 e. The summed E-state index contributed by atoms with van der Waals surface area (Å²) in [7, 11) is 5.65. The Morgan fingerprint density at radius 1 is 0.977 bits per heavy atom. The van der Waals surface area contributed by atoms with Crippen molar-refractivity contribution in [1.29, 1.82) is 0 Å². The molecule has 0 saturated heterocycles. The molecule has 2 aromatic carbocycles. The van der Waals surface area contributed by atoms with Crippen molar-refractivity contribution in [3.8, 4) is 11.3 Å². The van der Waals surface area contributed by atoms with Crippen LogP contribution in [0.4, 0.5) is 21.5 Å². The SMILES string of the molecule is CC.CC.CC.CSN(C)C.Cc1ccc(Nc2c(C)c(=O)n(C)c3c(-c4cccc(N)c4)nn(C4CC4)c(=O)c23)c(F)c1. The molecule has 3 N–H and O–H groups in total. The van der Waals surface area contributed by atoms with Crippen LogP contribution in [0.2, 0.25) is 0 Å². The second-order valence-corrected chi connectivity index (χ2v) is 10.7. The maximum absolute atomic E-state index is 14.7. The lowest BCUT2D eigenvalue weighted by Crippen LogP contribution is -2.29. The van der Waals surface area contributed by atoms with Gasteiger partial charge in [-0.25, -0.2) is 9.07 Å². The first-order chi connectivity index (χ1) is 21.0. The molecule has 0 unspecified atom stereocenters. The van der Waals surface area contributed by atoms with Crippen molar-refractivity contribution in [3.63, 3.8) is 0 Å². The number of nitrogens with two attached hydrogens (primary N) is 1. The van der Waals surface area contributed by atoms with Gasteiger partial charge in [-0.15, -0.1) is 0 Å². The average molecular weight is 627 g/mol. The van der Waals surface area contributed by atoms with E-state index in [9.17, 15) is 14.0 Å². The molecule has 4 aromatic rings. The summed E-state index contributed by atoms with van der Waals surface area (Å²) in [6.07, 6.45) is 3.75. The monoisotopic (exact) mass is 626 g/mol. The number of halogens is 1. The van der Waals surface area contributed by atoms with Crippen LogP contribution in [0.25, 0.3) is 22.2 Å². The van der Waals surface area contributed by atoms with Crippen molar-refractivity contribution >= 4 is 39.9 Å². The van der Waals surface area contributed by atoms with Gasteiger partial charge in [0.05, 0.1) is 28.3 Å². The molecule has 0 amide bonds. The number of aryl methyl sites for hydroxylation is 2. The van der Waals surface area contributed by atoms with Gasteiger partial charge in [0.15, 0.2) is 0 Å². The summed E-state index contributed by atoms with van der Waals surface area (Å²) in [4.78, 5) is 26.8. The van der Waals surface area contributed by atoms with Crippen molar-refractivity contribution in [2.24, 2.45) is 7.05 Å². The third-order valence-electron chi connectivity index (χ3n) is 6.48. The highest BCUT2D eigenvalue weighted by Crippen LogP contribution is 2.37. The van der Waals surface area contributed by atoms with Gasteiger partial charge >= 0.3 is 0 Å². The zero-order valence-electron chi connectivity index (χ0n) is 28.5. The van der Waals surface area contributed by atoms with Crippen LogP contribution in [0.3, 0.4) is 0 Å². The van der Waals surface area contributed by atoms with Gasteiger partial charge in [-0.05, 0) is 76.9 Å². The molecule has 1 fully saturated rings. The van der Waals surface area contributed by atoms with Crippen molar-refractivity contribution < 1.29 is 4.39 Å². The Morgan fingerprint density at radius 3 is 2.07 bits per heavy atom. The highest BCUT2D eigenvalue weighted by atomic mass is 32.2. The first-order valence-electron chi connectivity index (χ1n) is 15.3. The minimum atomic E-state index is -0.462. The molecule has 0 bridgehead atoms. The van der Waals surface area contributed by atoms with Crippen molar-refractivity contribution in [2.45, 2.75) is 74.3 Å². The molecule has 1 aliphatic rings. The van der Waals surface area contributed by atoms with E-state index < -0.39 is 5.82 Å². The predicted octanol–water partition coefficient (Wildman–Crippen LogP) is 8.08. The highest BCUT2D eigenvalue weighted by Gasteiger charge is 2.30. The van der Waals surface area contributed by atoms with E-state index in [2.05, 4.69) is 10.4 Å². The molecule has 0 atom stereocenters. The topological polar surface area (TPSA) is 98.2 Å². The molecule has 1 aliphatic carbocycles. The Bertz CT molecular complexity index is 1630. The van der Waals surface area contributed by atoms with Crippen LogP contribution in [-0.4, -0.2) is 39.0 Å². The van der Waals surface area contributed by atoms with Crippen LogP contribution >= 0.6 is 11.9 Å². The molecule has 1 saturated carbocycles. The fourth-order valence-corrected chi connectivity index (χ4v) is 4.19. The summed E-state index contributed by atoms with van der Waals surface area (Å²) >= 11 is 1.71. The second kappa shape index (κ2) is 18.2. The summed E-state index contributed by atoms with van der Waals surface area (Å²) in [5, 5.41) is 8.01. The lowest BCUT2D eigenvalue weighted by atomic mass is 10.0. The fraction of sp³-hybridized carbons (Fsp3) is 0.441. The van der Waals surface area contributed by atoms with E-state index >= 15 is 0 Å². The maximum Gasteiger partial charge on any atom is 0.278 e. The lowest BCUT2D eigenvalue weighted by Gasteiger charge is -2.19. The van der Waals surface area contributed by atoms with Gasteiger partial charge in [0.25, 0.3) is 11.1 Å². The lowest BCUT2D eigenvalue weighted by molar-refractivity contribution is 0.607. The van der Waals surface area contributed by atoms with Crippen LogP contribution < -0.4 is 22.2 Å². The Labute approximate surface area is 266 Å². The Hall–Kier alpha value is -3.63. The molecular formula is C34H51FN6O2S. The van der Waals surface area contributed by atoms with E-state index in [4.69, 9.17) is 5.73 Å². The van der Waals surface area contributed by atoms with Crippen LogP contribution in [0.1, 0.15) is 71.6 Å². The van der Waals surface area contributed by atoms with Gasteiger partial charge in [0, 0.05) is 23.9 Å². The molecule has 2 aromatic heterocycles. The third kappa shape index (κ3) is 9.19. The summed E-state index contributed by atoms with van der Waals surface area (Å²) < 4.78 is 19.7. The highest BCUT2D eigenvalue weighted by molar-refractivity contribution is 7.96. The number of benzene rings is 2. The molecule has 2 heterocycles. The van der Waals surface area contributed by atoms with Crippen molar-refractivity contribution in [2.75, 3.05) is 31.4 Å². The Balaban J connectivity index is 0.000000778. The number of fused-ring (bicyclic) bond motifs is 1. The smallest absolute Gasteiger partial charge is 0.278 e. The zero-order valence-corrected chi connectivity index (χ0v) is 29.3. The number of rotatable bonds is 5. The summed E-state index contributed by atoms with van der Waals surface area (Å²) in [6.45, 7) is 15.4. The summed E-state index contributed by atoms with van der Waals surface area (Å²) in [5.74, 6) is -0.462. The number of nitrogens with one attached hydrogen (secondary N) is 1. The molecule has 242 valence electrons. The number of hydrogen-bond donors (Lipinski definition) is 2. The van der Waals surface area contributed by atoms with Gasteiger partial charge in [-0.3, -0.25) is 13.9 Å². The molecule has 5 rings (SSSR count). The number of nitrogens with zero attached hydrogens (tertiary/aromatic N) is 4. The van der Waals surface area contributed by atoms with Crippen LogP contribution in [0.5, 0.6) is 0 Å². The average Bonchev–Trinajstić information content (AvgIpc) is 3.88. The standard InChI is InChI=1S/C25H24FN5O2.C3H9NS.3C2H6/c1-13-7-10-19(18(26)11-13)28-21-14(2)24(32)30(3)23-20(21)25(33)31(17-8-9-17)29-22(23)15-5-4-6-16(27)12-15;1-4(2)5-3;3*1-2/h4-7,10-12,17,28H,8-9,27H2,1-3H3;1-3H3;3*1-2H3.